The zero-order chi connectivity index (χ0) is 18.0. The van der Waals surface area contributed by atoms with Gasteiger partial charge in [-0.15, -0.1) is 0 Å². The number of oxime groups is 1. The Bertz CT molecular complexity index is 768. The lowest BCUT2D eigenvalue weighted by Gasteiger charge is -2.07. The molecular weight excluding hydrogens is 353 g/mol. The SMILES string of the molecule is C/C(=N/OCc1ccc(Cl)cc1Cl)[C@@H]1C[C@@H]1c1ccc(C(C)C)cc1. The molecule has 132 valence electrons. The number of nitrogens with zero attached hydrogens (tertiary/aromatic N) is 1. The molecule has 0 N–H and O–H groups in total. The number of halogens is 2. The first-order chi connectivity index (χ1) is 12.0. The molecule has 2 atom stereocenters. The fraction of sp³-hybridized carbons (Fsp3) is 0.381. The first kappa shape index (κ1) is 18.3. The molecule has 0 spiro atoms. The molecule has 1 aliphatic rings. The minimum absolute atomic E-state index is 0.355. The van der Waals surface area contributed by atoms with Gasteiger partial charge in [0.1, 0.15) is 6.61 Å². The van der Waals surface area contributed by atoms with Crippen LogP contribution < -0.4 is 0 Å². The van der Waals surface area contributed by atoms with Gasteiger partial charge in [0.25, 0.3) is 0 Å². The van der Waals surface area contributed by atoms with Gasteiger partial charge >= 0.3 is 0 Å². The van der Waals surface area contributed by atoms with Crippen molar-refractivity contribution in [2.45, 2.75) is 45.6 Å². The van der Waals surface area contributed by atoms with Gasteiger partial charge in [0.15, 0.2) is 0 Å². The largest absolute Gasteiger partial charge is 0.391 e. The molecule has 25 heavy (non-hydrogen) atoms. The molecule has 3 rings (SSSR count). The Hall–Kier alpha value is -1.51. The quantitative estimate of drug-likeness (QED) is 0.401. The van der Waals surface area contributed by atoms with Crippen molar-refractivity contribution in [1.29, 1.82) is 0 Å². The Balaban J connectivity index is 1.55. The number of hydrogen-bond donors (Lipinski definition) is 0. The second kappa shape index (κ2) is 7.80. The van der Waals surface area contributed by atoms with E-state index in [1.165, 1.54) is 11.1 Å². The summed E-state index contributed by atoms with van der Waals surface area (Å²) in [5.41, 5.74) is 4.71. The van der Waals surface area contributed by atoms with Crippen molar-refractivity contribution in [2.24, 2.45) is 11.1 Å². The zero-order valence-corrected chi connectivity index (χ0v) is 16.3. The predicted molar refractivity (Wildman–Crippen MR) is 106 cm³/mol. The van der Waals surface area contributed by atoms with E-state index in [1.807, 2.05) is 13.0 Å². The minimum atomic E-state index is 0.355. The molecule has 0 saturated heterocycles. The smallest absolute Gasteiger partial charge is 0.143 e. The molecule has 2 nitrogen and oxygen atoms in total. The molecule has 0 bridgehead atoms. The third-order valence-corrected chi connectivity index (χ3v) is 5.39. The van der Waals surface area contributed by atoms with Crippen molar-refractivity contribution in [3.8, 4) is 0 Å². The van der Waals surface area contributed by atoms with Crippen LogP contribution in [0.1, 0.15) is 55.7 Å². The molecule has 2 aromatic rings. The van der Waals surface area contributed by atoms with E-state index >= 15 is 0 Å². The molecule has 0 aromatic heterocycles. The van der Waals surface area contributed by atoms with Crippen molar-refractivity contribution >= 4 is 28.9 Å². The van der Waals surface area contributed by atoms with E-state index in [-0.39, 0.29) is 0 Å². The van der Waals surface area contributed by atoms with E-state index < -0.39 is 0 Å². The van der Waals surface area contributed by atoms with Crippen LogP contribution in [0.3, 0.4) is 0 Å². The average molecular weight is 376 g/mol. The third-order valence-electron chi connectivity index (χ3n) is 4.80. The summed E-state index contributed by atoms with van der Waals surface area (Å²) in [4.78, 5) is 5.50. The maximum Gasteiger partial charge on any atom is 0.143 e. The summed E-state index contributed by atoms with van der Waals surface area (Å²) < 4.78 is 0. The molecule has 0 radical (unpaired) electrons. The van der Waals surface area contributed by atoms with Crippen LogP contribution in [0.4, 0.5) is 0 Å². The van der Waals surface area contributed by atoms with E-state index in [2.05, 4.69) is 43.3 Å². The fourth-order valence-electron chi connectivity index (χ4n) is 3.06. The summed E-state index contributed by atoms with van der Waals surface area (Å²) in [5.74, 6) is 1.61. The molecule has 1 aliphatic carbocycles. The van der Waals surface area contributed by atoms with Crippen LogP contribution in [0, 0.1) is 5.92 Å². The highest BCUT2D eigenvalue weighted by Gasteiger charge is 2.40. The van der Waals surface area contributed by atoms with Gasteiger partial charge in [-0.1, -0.05) is 72.5 Å². The molecular formula is C21H23Cl2NO. The summed E-state index contributed by atoms with van der Waals surface area (Å²) in [6, 6.07) is 14.4. The van der Waals surface area contributed by atoms with Crippen molar-refractivity contribution < 1.29 is 4.84 Å². The highest BCUT2D eigenvalue weighted by Crippen LogP contribution is 2.48. The summed E-state index contributed by atoms with van der Waals surface area (Å²) >= 11 is 12.0. The maximum absolute atomic E-state index is 6.14. The Morgan fingerprint density at radius 3 is 2.52 bits per heavy atom. The van der Waals surface area contributed by atoms with Gasteiger partial charge < -0.3 is 4.84 Å². The molecule has 0 unspecified atom stereocenters. The normalized spacial score (nSPS) is 20.0. The Morgan fingerprint density at radius 2 is 1.88 bits per heavy atom. The van der Waals surface area contributed by atoms with Gasteiger partial charge in [-0.3, -0.25) is 0 Å². The highest BCUT2D eigenvalue weighted by molar-refractivity contribution is 6.35. The predicted octanol–water partition coefficient (Wildman–Crippen LogP) is 6.81. The van der Waals surface area contributed by atoms with Crippen molar-refractivity contribution in [1.82, 2.24) is 0 Å². The first-order valence-corrected chi connectivity index (χ1v) is 9.41. The zero-order valence-electron chi connectivity index (χ0n) is 14.8. The lowest BCUT2D eigenvalue weighted by atomic mass is 9.99. The summed E-state index contributed by atoms with van der Waals surface area (Å²) in [5, 5.41) is 5.52. The van der Waals surface area contributed by atoms with E-state index in [9.17, 15) is 0 Å². The Kier molecular flexibility index (Phi) is 5.71. The second-order valence-electron chi connectivity index (χ2n) is 7.01. The van der Waals surface area contributed by atoms with Crippen LogP contribution in [0.25, 0.3) is 0 Å². The first-order valence-electron chi connectivity index (χ1n) is 8.66. The monoisotopic (exact) mass is 375 g/mol. The minimum Gasteiger partial charge on any atom is -0.391 e. The number of hydrogen-bond acceptors (Lipinski definition) is 2. The maximum atomic E-state index is 6.14. The van der Waals surface area contributed by atoms with Crippen molar-refractivity contribution in [3.63, 3.8) is 0 Å². The van der Waals surface area contributed by atoms with Crippen LogP contribution in [0.2, 0.25) is 10.0 Å². The Labute approximate surface area is 159 Å². The van der Waals surface area contributed by atoms with E-state index in [4.69, 9.17) is 28.0 Å². The van der Waals surface area contributed by atoms with Gasteiger partial charge in [0.05, 0.1) is 5.71 Å². The summed E-state index contributed by atoms with van der Waals surface area (Å²) in [6.45, 7) is 6.83. The van der Waals surface area contributed by atoms with E-state index in [1.54, 1.807) is 12.1 Å². The van der Waals surface area contributed by atoms with Crippen LogP contribution >= 0.6 is 23.2 Å². The average Bonchev–Trinajstić information content (AvgIpc) is 3.37. The Morgan fingerprint density at radius 1 is 1.16 bits per heavy atom. The molecule has 0 amide bonds. The van der Waals surface area contributed by atoms with Crippen LogP contribution in [-0.2, 0) is 11.4 Å². The number of benzene rings is 2. The molecule has 1 fully saturated rings. The number of rotatable bonds is 6. The van der Waals surface area contributed by atoms with Gasteiger partial charge in [-0.2, -0.15) is 0 Å². The van der Waals surface area contributed by atoms with Gasteiger partial charge in [-0.05, 0) is 48.4 Å². The standard InChI is InChI=1S/C21H23Cl2NO/c1-13(2)15-4-6-16(7-5-15)20-11-19(20)14(3)24-25-12-17-8-9-18(22)10-21(17)23/h4-10,13,19-20H,11-12H2,1-3H3/b24-14-/t19-,20+/m0/s1. The van der Waals surface area contributed by atoms with Crippen LogP contribution in [-0.4, -0.2) is 5.71 Å². The molecule has 4 heteroatoms. The molecule has 0 aliphatic heterocycles. The van der Waals surface area contributed by atoms with Gasteiger partial charge in [0, 0.05) is 21.5 Å². The van der Waals surface area contributed by atoms with Gasteiger partial charge in [-0.25, -0.2) is 0 Å². The van der Waals surface area contributed by atoms with Crippen LogP contribution in [0.5, 0.6) is 0 Å². The van der Waals surface area contributed by atoms with Crippen molar-refractivity contribution in [3.05, 3.63) is 69.2 Å². The highest BCUT2D eigenvalue weighted by atomic mass is 35.5. The molecule has 2 aromatic carbocycles. The topological polar surface area (TPSA) is 21.6 Å². The molecule has 0 heterocycles. The van der Waals surface area contributed by atoms with Crippen molar-refractivity contribution in [2.75, 3.05) is 0 Å². The summed E-state index contributed by atoms with van der Waals surface area (Å²) in [6.07, 6.45) is 1.14. The van der Waals surface area contributed by atoms with E-state index in [0.29, 0.717) is 34.4 Å². The van der Waals surface area contributed by atoms with Gasteiger partial charge in [0.2, 0.25) is 0 Å². The molecule has 1 saturated carbocycles. The van der Waals surface area contributed by atoms with E-state index in [0.717, 1.165) is 17.7 Å². The summed E-state index contributed by atoms with van der Waals surface area (Å²) in [7, 11) is 0. The third kappa shape index (κ3) is 4.56. The van der Waals surface area contributed by atoms with Crippen LogP contribution in [0.15, 0.2) is 47.6 Å². The lowest BCUT2D eigenvalue weighted by molar-refractivity contribution is 0.129. The second-order valence-corrected chi connectivity index (χ2v) is 7.86. The fourth-order valence-corrected chi connectivity index (χ4v) is 3.53. The lowest BCUT2D eigenvalue weighted by Crippen LogP contribution is -1.99.